The zero-order valence-electron chi connectivity index (χ0n) is 15.6. The molecule has 2 spiro atoms. The van der Waals surface area contributed by atoms with Crippen LogP contribution in [0.1, 0.15) is 64.2 Å². The van der Waals surface area contributed by atoms with Gasteiger partial charge in [0.05, 0.1) is 0 Å². The lowest BCUT2D eigenvalue weighted by molar-refractivity contribution is -0.390. The number of amides is 1. The van der Waals surface area contributed by atoms with Crippen molar-refractivity contribution in [2.75, 3.05) is 13.1 Å². The summed E-state index contributed by atoms with van der Waals surface area (Å²) in [5.74, 6) is 2.35. The van der Waals surface area contributed by atoms with Gasteiger partial charge in [0.15, 0.2) is 0 Å². The van der Waals surface area contributed by atoms with E-state index >= 15 is 0 Å². The smallest absolute Gasteiger partial charge is 0.221 e. The summed E-state index contributed by atoms with van der Waals surface area (Å²) >= 11 is 0. The highest BCUT2D eigenvalue weighted by atomic mass is 17.3. The second kappa shape index (κ2) is 6.43. The highest BCUT2D eigenvalue weighted by molar-refractivity contribution is 5.75. The van der Waals surface area contributed by atoms with Gasteiger partial charge in [0.25, 0.3) is 0 Å². The van der Waals surface area contributed by atoms with Crippen molar-refractivity contribution >= 4 is 5.91 Å². The topological polar surface area (TPSA) is 82.8 Å². The predicted molar refractivity (Wildman–Crippen MR) is 94.4 cm³/mol. The Morgan fingerprint density at radius 1 is 1.00 bits per heavy atom. The van der Waals surface area contributed by atoms with Crippen LogP contribution in [0.5, 0.6) is 0 Å². The van der Waals surface area contributed by atoms with Crippen LogP contribution in [0.15, 0.2) is 0 Å². The molecule has 5 saturated carbocycles. The Morgan fingerprint density at radius 3 is 2.27 bits per heavy atom. The maximum Gasteiger partial charge on any atom is 0.221 e. The van der Waals surface area contributed by atoms with Gasteiger partial charge < -0.3 is 15.8 Å². The summed E-state index contributed by atoms with van der Waals surface area (Å²) in [6, 6.07) is 0. The molecule has 26 heavy (non-hydrogen) atoms. The zero-order valence-corrected chi connectivity index (χ0v) is 15.6. The Kier molecular flexibility index (Phi) is 4.31. The molecule has 6 rings (SSSR count). The Bertz CT molecular complexity index is 530. The highest BCUT2D eigenvalue weighted by Gasteiger charge is 2.66. The van der Waals surface area contributed by atoms with Gasteiger partial charge in [0.1, 0.15) is 0 Å². The molecule has 0 aromatic heterocycles. The van der Waals surface area contributed by atoms with Crippen molar-refractivity contribution in [1.29, 1.82) is 0 Å². The molecule has 1 amide bonds. The first-order valence-electron chi connectivity index (χ1n) is 10.6. The van der Waals surface area contributed by atoms with E-state index in [-0.39, 0.29) is 5.91 Å². The molecule has 146 valence electrons. The van der Waals surface area contributed by atoms with E-state index in [0.29, 0.717) is 30.7 Å². The number of ether oxygens (including phenoxy) is 1. The van der Waals surface area contributed by atoms with Crippen LogP contribution in [0.4, 0.5) is 0 Å². The SMILES string of the molecule is NCCC(=O)NCC1CCC2(CC1)OOC1(O2)C2CC3CC(C2)CC1C3. The van der Waals surface area contributed by atoms with Gasteiger partial charge in [-0.25, -0.2) is 0 Å². The van der Waals surface area contributed by atoms with Gasteiger partial charge in [-0.15, -0.1) is 0 Å². The molecular formula is C20H32N2O4. The number of nitrogens with two attached hydrogens (primary N) is 1. The van der Waals surface area contributed by atoms with Crippen molar-refractivity contribution in [3.05, 3.63) is 0 Å². The minimum atomic E-state index is -0.548. The summed E-state index contributed by atoms with van der Waals surface area (Å²) in [5, 5.41) is 3.00. The summed E-state index contributed by atoms with van der Waals surface area (Å²) in [6.45, 7) is 1.14. The molecule has 6 fully saturated rings. The number of nitrogens with one attached hydrogen (secondary N) is 1. The van der Waals surface area contributed by atoms with Crippen LogP contribution in [0, 0.1) is 29.6 Å². The number of hydrogen-bond acceptors (Lipinski definition) is 5. The average Bonchev–Trinajstić information content (AvgIpc) is 2.99. The minimum absolute atomic E-state index is 0.0528. The van der Waals surface area contributed by atoms with Gasteiger partial charge in [-0.3, -0.25) is 4.79 Å². The number of hydrogen-bond donors (Lipinski definition) is 2. The predicted octanol–water partition coefficient (Wildman–Crippen LogP) is 2.47. The average molecular weight is 364 g/mol. The molecule has 3 N–H and O–H groups in total. The lowest BCUT2D eigenvalue weighted by Gasteiger charge is -2.57. The first-order chi connectivity index (χ1) is 12.6. The van der Waals surface area contributed by atoms with Crippen LogP contribution in [-0.4, -0.2) is 30.6 Å². The van der Waals surface area contributed by atoms with Crippen molar-refractivity contribution in [2.45, 2.75) is 75.8 Å². The molecule has 6 aliphatic rings. The first kappa shape index (κ1) is 17.4. The third-order valence-corrected chi connectivity index (χ3v) is 7.77. The van der Waals surface area contributed by atoms with E-state index in [1.165, 1.54) is 32.1 Å². The third kappa shape index (κ3) is 2.81. The normalized spacial score (nSPS) is 49.2. The minimum Gasteiger partial charge on any atom is -0.356 e. The highest BCUT2D eigenvalue weighted by Crippen LogP contribution is 2.63. The molecular weight excluding hydrogens is 332 g/mol. The van der Waals surface area contributed by atoms with E-state index in [1.54, 1.807) is 0 Å². The summed E-state index contributed by atoms with van der Waals surface area (Å²) in [4.78, 5) is 23.6. The summed E-state index contributed by atoms with van der Waals surface area (Å²) in [6.07, 6.45) is 10.6. The van der Waals surface area contributed by atoms with Crippen molar-refractivity contribution in [2.24, 2.45) is 35.3 Å². The number of rotatable bonds is 4. The molecule has 1 aliphatic heterocycles. The Hall–Kier alpha value is -0.690. The van der Waals surface area contributed by atoms with Gasteiger partial charge in [-0.05, 0) is 62.7 Å². The molecule has 1 heterocycles. The molecule has 0 radical (unpaired) electrons. The van der Waals surface area contributed by atoms with E-state index < -0.39 is 11.6 Å². The van der Waals surface area contributed by atoms with Crippen LogP contribution < -0.4 is 11.1 Å². The maximum atomic E-state index is 11.6. The molecule has 0 atom stereocenters. The Balaban J connectivity index is 1.19. The molecule has 0 unspecified atom stereocenters. The Labute approximate surface area is 155 Å². The fraction of sp³-hybridized carbons (Fsp3) is 0.950. The standard InChI is InChI=1S/C20H32N2O4/c21-6-3-18(23)22-12-13-1-4-19(5-2-13)24-20(26-25-19)16-8-14-7-15(10-16)11-17(20)9-14/h13-17H,1-12,21H2,(H,22,23). The van der Waals surface area contributed by atoms with E-state index in [2.05, 4.69) is 5.32 Å². The number of carbonyl (C=O) groups excluding carboxylic acids is 1. The van der Waals surface area contributed by atoms with Crippen LogP contribution in [0.3, 0.4) is 0 Å². The van der Waals surface area contributed by atoms with Crippen molar-refractivity contribution < 1.29 is 19.3 Å². The third-order valence-electron chi connectivity index (χ3n) is 7.77. The largest absolute Gasteiger partial charge is 0.356 e. The molecule has 0 aromatic rings. The summed E-state index contributed by atoms with van der Waals surface area (Å²) < 4.78 is 6.72. The summed E-state index contributed by atoms with van der Waals surface area (Å²) in [7, 11) is 0. The molecule has 6 heteroatoms. The van der Waals surface area contributed by atoms with Crippen LogP contribution in [-0.2, 0) is 19.3 Å². The maximum absolute atomic E-state index is 11.6. The fourth-order valence-corrected chi connectivity index (χ4v) is 6.59. The zero-order chi connectivity index (χ0) is 17.8. The first-order valence-corrected chi connectivity index (χ1v) is 10.6. The van der Waals surface area contributed by atoms with Crippen LogP contribution in [0.2, 0.25) is 0 Å². The molecule has 6 nitrogen and oxygen atoms in total. The molecule has 1 saturated heterocycles. The van der Waals surface area contributed by atoms with Gasteiger partial charge >= 0.3 is 0 Å². The van der Waals surface area contributed by atoms with Crippen molar-refractivity contribution in [1.82, 2.24) is 5.32 Å². The van der Waals surface area contributed by atoms with E-state index in [0.717, 1.165) is 44.1 Å². The monoisotopic (exact) mass is 364 g/mol. The number of carbonyl (C=O) groups is 1. The van der Waals surface area contributed by atoms with Crippen LogP contribution in [0.25, 0.3) is 0 Å². The van der Waals surface area contributed by atoms with E-state index in [1.807, 2.05) is 0 Å². The van der Waals surface area contributed by atoms with Crippen molar-refractivity contribution in [3.63, 3.8) is 0 Å². The van der Waals surface area contributed by atoms with Crippen molar-refractivity contribution in [3.8, 4) is 0 Å². The lowest BCUT2D eigenvalue weighted by Crippen LogP contribution is -2.59. The fourth-order valence-electron chi connectivity index (χ4n) is 6.59. The molecule has 5 aliphatic carbocycles. The molecule has 0 aromatic carbocycles. The molecule has 4 bridgehead atoms. The second-order valence-electron chi connectivity index (χ2n) is 9.49. The van der Waals surface area contributed by atoms with Crippen LogP contribution >= 0.6 is 0 Å². The van der Waals surface area contributed by atoms with Gasteiger partial charge in [0, 0.05) is 44.2 Å². The quantitative estimate of drug-likeness (QED) is 0.749. The summed E-state index contributed by atoms with van der Waals surface area (Å²) in [5.41, 5.74) is 5.43. The van der Waals surface area contributed by atoms with Gasteiger partial charge in [-0.1, -0.05) is 0 Å². The second-order valence-corrected chi connectivity index (χ2v) is 9.49. The Morgan fingerprint density at radius 2 is 1.65 bits per heavy atom. The van der Waals surface area contributed by atoms with Gasteiger partial charge in [0.2, 0.25) is 17.5 Å². The lowest BCUT2D eigenvalue weighted by atomic mass is 9.53. The van der Waals surface area contributed by atoms with Gasteiger partial charge in [-0.2, -0.15) is 9.78 Å². The van der Waals surface area contributed by atoms with E-state index in [9.17, 15) is 4.79 Å². The van der Waals surface area contributed by atoms with E-state index in [4.69, 9.17) is 20.2 Å².